The molecule has 1 aromatic heterocycles. The minimum atomic E-state index is -2.95. The van der Waals surface area contributed by atoms with Crippen LogP contribution in [0.5, 0.6) is 0 Å². The Kier molecular flexibility index (Phi) is 5.20. The predicted molar refractivity (Wildman–Crippen MR) is 83.8 cm³/mol. The lowest BCUT2D eigenvalue weighted by atomic mass is 10.2. The van der Waals surface area contributed by atoms with Gasteiger partial charge in [-0.2, -0.15) is 0 Å². The summed E-state index contributed by atoms with van der Waals surface area (Å²) in [4.78, 5) is 6.80. The van der Waals surface area contributed by atoms with Gasteiger partial charge in [0.1, 0.15) is 0 Å². The highest BCUT2D eigenvalue weighted by Gasteiger charge is 2.37. The maximum atomic E-state index is 11.8. The van der Waals surface area contributed by atoms with E-state index in [1.807, 2.05) is 7.05 Å². The first-order valence-corrected chi connectivity index (χ1v) is 10.1. The number of aryl methyl sites for hydroxylation is 1. The SMILES string of the molecule is CCCc1nc(CN(C)[C@H]2CCC[C@@H]2S(C)(=O)=O)cs1. The van der Waals surface area contributed by atoms with Gasteiger partial charge in [-0.3, -0.25) is 4.90 Å². The molecule has 1 fully saturated rings. The second kappa shape index (κ2) is 6.54. The molecule has 0 N–H and O–H groups in total. The van der Waals surface area contributed by atoms with Crippen molar-refractivity contribution in [2.24, 2.45) is 0 Å². The van der Waals surface area contributed by atoms with E-state index in [9.17, 15) is 8.42 Å². The second-order valence-corrected chi connectivity index (χ2v) is 8.97. The molecule has 1 aliphatic rings. The molecular weight excluding hydrogens is 292 g/mol. The van der Waals surface area contributed by atoms with Crippen LogP contribution in [0.15, 0.2) is 5.38 Å². The topological polar surface area (TPSA) is 50.3 Å². The Bertz CT molecular complexity index is 539. The maximum Gasteiger partial charge on any atom is 0.151 e. The summed E-state index contributed by atoms with van der Waals surface area (Å²) in [7, 11) is -0.931. The van der Waals surface area contributed by atoms with Gasteiger partial charge in [-0.1, -0.05) is 13.3 Å². The minimum absolute atomic E-state index is 0.140. The summed E-state index contributed by atoms with van der Waals surface area (Å²) in [6.45, 7) is 2.90. The third kappa shape index (κ3) is 3.80. The molecule has 1 saturated carbocycles. The molecule has 2 rings (SSSR count). The predicted octanol–water partition coefficient (Wildman–Crippen LogP) is 2.49. The Labute approximate surface area is 126 Å². The van der Waals surface area contributed by atoms with E-state index in [0.717, 1.165) is 44.3 Å². The van der Waals surface area contributed by atoms with E-state index in [1.165, 1.54) is 11.3 Å². The molecule has 0 aromatic carbocycles. The summed E-state index contributed by atoms with van der Waals surface area (Å²) in [5.74, 6) is 0. The third-order valence-electron chi connectivity index (χ3n) is 4.01. The van der Waals surface area contributed by atoms with Gasteiger partial charge < -0.3 is 0 Å². The normalized spacial score (nSPS) is 23.6. The second-order valence-electron chi connectivity index (χ2n) is 5.76. The van der Waals surface area contributed by atoms with Gasteiger partial charge in [0.25, 0.3) is 0 Å². The smallest absolute Gasteiger partial charge is 0.151 e. The molecule has 0 amide bonds. The standard InChI is InChI=1S/C14H24N2O2S2/c1-4-6-14-15-11(10-19-14)9-16(2)12-7-5-8-13(12)20(3,17)18/h10,12-13H,4-9H2,1-3H3/t12-,13-/m0/s1. The Hall–Kier alpha value is -0.460. The van der Waals surface area contributed by atoms with Crippen molar-refractivity contribution in [2.45, 2.75) is 56.9 Å². The molecule has 0 spiro atoms. The Morgan fingerprint density at radius 3 is 2.85 bits per heavy atom. The van der Waals surface area contributed by atoms with E-state index in [-0.39, 0.29) is 11.3 Å². The van der Waals surface area contributed by atoms with Gasteiger partial charge in [-0.05, 0) is 32.7 Å². The van der Waals surface area contributed by atoms with Gasteiger partial charge in [0.2, 0.25) is 0 Å². The van der Waals surface area contributed by atoms with Gasteiger partial charge in [0.15, 0.2) is 9.84 Å². The van der Waals surface area contributed by atoms with Crippen LogP contribution in [0.25, 0.3) is 0 Å². The fourth-order valence-electron chi connectivity index (χ4n) is 3.03. The molecule has 0 radical (unpaired) electrons. The molecule has 6 heteroatoms. The van der Waals surface area contributed by atoms with Crippen LogP contribution in [0.1, 0.15) is 43.3 Å². The molecule has 1 aliphatic carbocycles. The van der Waals surface area contributed by atoms with Gasteiger partial charge >= 0.3 is 0 Å². The van der Waals surface area contributed by atoms with E-state index < -0.39 is 9.84 Å². The zero-order valence-corrected chi connectivity index (χ0v) is 14.1. The number of sulfone groups is 1. The summed E-state index contributed by atoms with van der Waals surface area (Å²) in [5.41, 5.74) is 1.07. The molecule has 20 heavy (non-hydrogen) atoms. The van der Waals surface area contributed by atoms with Gasteiger partial charge in [0.05, 0.1) is 16.0 Å². The zero-order valence-electron chi connectivity index (χ0n) is 12.5. The van der Waals surface area contributed by atoms with Crippen molar-refractivity contribution in [2.75, 3.05) is 13.3 Å². The molecule has 0 bridgehead atoms. The van der Waals surface area contributed by atoms with E-state index in [2.05, 4.69) is 22.2 Å². The van der Waals surface area contributed by atoms with Gasteiger partial charge in [0, 0.05) is 24.2 Å². The monoisotopic (exact) mass is 316 g/mol. The highest BCUT2D eigenvalue weighted by molar-refractivity contribution is 7.91. The van der Waals surface area contributed by atoms with Crippen molar-refractivity contribution in [3.05, 3.63) is 16.1 Å². The lowest BCUT2D eigenvalue weighted by Crippen LogP contribution is -2.40. The van der Waals surface area contributed by atoms with Crippen LogP contribution in [-0.4, -0.2) is 42.9 Å². The van der Waals surface area contributed by atoms with Crippen molar-refractivity contribution in [1.29, 1.82) is 0 Å². The first-order chi connectivity index (χ1) is 9.41. The number of thiazole rings is 1. The Morgan fingerprint density at radius 2 is 2.20 bits per heavy atom. The molecule has 2 atom stereocenters. The molecule has 0 saturated heterocycles. The summed E-state index contributed by atoms with van der Waals surface area (Å²) >= 11 is 1.71. The molecule has 4 nitrogen and oxygen atoms in total. The fraction of sp³-hybridized carbons (Fsp3) is 0.786. The fourth-order valence-corrected chi connectivity index (χ4v) is 5.43. The molecule has 1 heterocycles. The number of hydrogen-bond donors (Lipinski definition) is 0. The van der Waals surface area contributed by atoms with E-state index in [1.54, 1.807) is 11.3 Å². The molecule has 0 unspecified atom stereocenters. The van der Waals surface area contributed by atoms with Crippen LogP contribution in [0.2, 0.25) is 0 Å². The lowest BCUT2D eigenvalue weighted by molar-refractivity contribution is 0.236. The summed E-state index contributed by atoms with van der Waals surface area (Å²) in [6, 6.07) is 0.140. The van der Waals surface area contributed by atoms with Crippen molar-refractivity contribution in [1.82, 2.24) is 9.88 Å². The first kappa shape index (κ1) is 15.9. The lowest BCUT2D eigenvalue weighted by Gasteiger charge is -2.28. The van der Waals surface area contributed by atoms with Crippen LogP contribution in [-0.2, 0) is 22.8 Å². The first-order valence-electron chi connectivity index (χ1n) is 7.24. The third-order valence-corrected chi connectivity index (χ3v) is 6.62. The van der Waals surface area contributed by atoms with E-state index >= 15 is 0 Å². The maximum absolute atomic E-state index is 11.8. The Morgan fingerprint density at radius 1 is 1.45 bits per heavy atom. The van der Waals surface area contributed by atoms with Gasteiger partial charge in [-0.25, -0.2) is 13.4 Å². The van der Waals surface area contributed by atoms with Crippen LogP contribution >= 0.6 is 11.3 Å². The summed E-state index contributed by atoms with van der Waals surface area (Å²) < 4.78 is 23.7. The van der Waals surface area contributed by atoms with E-state index in [4.69, 9.17) is 0 Å². The van der Waals surface area contributed by atoms with Gasteiger partial charge in [-0.15, -0.1) is 11.3 Å². The van der Waals surface area contributed by atoms with Crippen molar-refractivity contribution < 1.29 is 8.42 Å². The molecular formula is C14H24N2O2S2. The molecule has 1 aromatic rings. The number of hydrogen-bond acceptors (Lipinski definition) is 5. The number of aromatic nitrogens is 1. The van der Waals surface area contributed by atoms with Crippen LogP contribution in [0.4, 0.5) is 0 Å². The number of rotatable bonds is 6. The quantitative estimate of drug-likeness (QED) is 0.809. The average Bonchev–Trinajstić information content (AvgIpc) is 2.97. The average molecular weight is 316 g/mol. The Balaban J connectivity index is 2.01. The summed E-state index contributed by atoms with van der Waals surface area (Å²) in [5, 5.41) is 3.08. The van der Waals surface area contributed by atoms with Crippen molar-refractivity contribution >= 4 is 21.2 Å². The zero-order chi connectivity index (χ0) is 14.8. The van der Waals surface area contributed by atoms with Crippen LogP contribution in [0, 0.1) is 0 Å². The van der Waals surface area contributed by atoms with Crippen LogP contribution in [0.3, 0.4) is 0 Å². The van der Waals surface area contributed by atoms with Crippen molar-refractivity contribution in [3.63, 3.8) is 0 Å². The molecule has 0 aliphatic heterocycles. The summed E-state index contributed by atoms with van der Waals surface area (Å²) in [6.07, 6.45) is 6.29. The van der Waals surface area contributed by atoms with Crippen molar-refractivity contribution in [3.8, 4) is 0 Å². The highest BCUT2D eigenvalue weighted by atomic mass is 32.2. The van der Waals surface area contributed by atoms with Crippen LogP contribution < -0.4 is 0 Å². The van der Waals surface area contributed by atoms with E-state index in [0.29, 0.717) is 0 Å². The number of nitrogens with zero attached hydrogens (tertiary/aromatic N) is 2. The molecule has 114 valence electrons. The highest BCUT2D eigenvalue weighted by Crippen LogP contribution is 2.29. The minimum Gasteiger partial charge on any atom is -0.296 e. The largest absolute Gasteiger partial charge is 0.296 e.